The van der Waals surface area contributed by atoms with Gasteiger partial charge in [-0.25, -0.2) is 8.42 Å². The number of phenols is 1. The summed E-state index contributed by atoms with van der Waals surface area (Å²) in [6.07, 6.45) is 8.34. The number of amides is 1. The minimum absolute atomic E-state index is 0.0234. The highest BCUT2D eigenvalue weighted by atomic mass is 32.2. The van der Waals surface area contributed by atoms with Crippen molar-refractivity contribution in [1.82, 2.24) is 9.62 Å². The zero-order chi connectivity index (χ0) is 29.5. The molecule has 10 heteroatoms. The molecular formula is C32H34N2O7S. The Morgan fingerprint density at radius 2 is 2.02 bits per heavy atom. The number of carbonyl (C=O) groups is 1. The number of rotatable bonds is 6. The molecule has 5 atom stereocenters. The number of nitrogens with zero attached hydrogens (tertiary/aromatic N) is 1. The van der Waals surface area contributed by atoms with Crippen LogP contribution in [0.25, 0.3) is 6.08 Å². The van der Waals surface area contributed by atoms with Gasteiger partial charge in [-0.2, -0.15) is 4.31 Å². The summed E-state index contributed by atoms with van der Waals surface area (Å²) in [7, 11) is -2.41. The van der Waals surface area contributed by atoms with Crippen LogP contribution in [0.1, 0.15) is 47.9 Å². The lowest BCUT2D eigenvalue weighted by atomic mass is 9.57. The van der Waals surface area contributed by atoms with Crippen molar-refractivity contribution in [3.05, 3.63) is 83.3 Å². The van der Waals surface area contributed by atoms with Gasteiger partial charge in [-0.3, -0.25) is 4.79 Å². The molecule has 7 rings (SSSR count). The minimum atomic E-state index is -3.90. The van der Waals surface area contributed by atoms with E-state index in [1.807, 2.05) is 12.1 Å². The molecule has 220 valence electrons. The minimum Gasteiger partial charge on any atom is -0.504 e. The van der Waals surface area contributed by atoms with Gasteiger partial charge in [-0.05, 0) is 74.4 Å². The van der Waals surface area contributed by atoms with Crippen LogP contribution in [0.3, 0.4) is 0 Å². The molecule has 4 aliphatic rings. The summed E-state index contributed by atoms with van der Waals surface area (Å²) in [5, 5.41) is 27.4. The highest BCUT2D eigenvalue weighted by Gasteiger charge is 2.80. The summed E-state index contributed by atoms with van der Waals surface area (Å²) >= 11 is 0. The lowest BCUT2D eigenvalue weighted by molar-refractivity contribution is -0.129. The van der Waals surface area contributed by atoms with Crippen molar-refractivity contribution in [2.75, 3.05) is 13.7 Å². The number of aliphatic hydroxyl groups is 1. The number of aromatic hydroxyl groups is 1. The van der Waals surface area contributed by atoms with E-state index in [1.54, 1.807) is 49.6 Å². The van der Waals surface area contributed by atoms with E-state index in [4.69, 9.17) is 9.15 Å². The Bertz CT molecular complexity index is 1720. The van der Waals surface area contributed by atoms with Gasteiger partial charge in [-0.1, -0.05) is 24.3 Å². The highest BCUT2D eigenvalue weighted by molar-refractivity contribution is 7.89. The Labute approximate surface area is 244 Å². The maximum absolute atomic E-state index is 14.1. The fourth-order valence-corrected chi connectivity index (χ4v) is 10.8. The van der Waals surface area contributed by atoms with Crippen molar-refractivity contribution in [3.63, 3.8) is 0 Å². The van der Waals surface area contributed by atoms with Gasteiger partial charge < -0.3 is 24.7 Å². The third-order valence-electron chi connectivity index (χ3n) is 10.2. The standard InChI is InChI=1S/C32H34N2O7S/c1-20-5-3-4-6-25(20)42(38,39)34-19-30-15-22-8-9-24(40-2)28(36)27(22)31(18-30)16-23(11-13-32(31,37)29(30)34)33-26(35)10-7-21-12-14-41-17-21/h3-10,12,14,17,23,29,36-37H,11,13,15-16,18-19H2,1-2H3,(H,33,35)/b10-7+/t23?,29-,30?,31+,32-/m1/s1. The lowest BCUT2D eigenvalue weighted by Crippen LogP contribution is -2.72. The van der Waals surface area contributed by atoms with Crippen molar-refractivity contribution in [3.8, 4) is 11.5 Å². The molecule has 3 aromatic rings. The van der Waals surface area contributed by atoms with E-state index in [9.17, 15) is 23.4 Å². The van der Waals surface area contributed by atoms with Crippen molar-refractivity contribution in [2.45, 2.75) is 67.0 Å². The normalized spacial score (nSPS) is 31.6. The van der Waals surface area contributed by atoms with Gasteiger partial charge in [0.25, 0.3) is 0 Å². The molecule has 3 fully saturated rings. The van der Waals surface area contributed by atoms with Crippen LogP contribution in [0, 0.1) is 12.3 Å². The second-order valence-corrected chi connectivity index (χ2v) is 14.3. The lowest BCUT2D eigenvalue weighted by Gasteiger charge is -2.57. The number of carbonyl (C=O) groups excluding carboxylic acids is 1. The summed E-state index contributed by atoms with van der Waals surface area (Å²) in [5.41, 5.74) is 0.00380. The van der Waals surface area contributed by atoms with Crippen molar-refractivity contribution >= 4 is 22.0 Å². The fourth-order valence-electron chi connectivity index (χ4n) is 8.71. The molecule has 2 spiro atoms. The first-order valence-electron chi connectivity index (χ1n) is 14.2. The van der Waals surface area contributed by atoms with Crippen LogP contribution in [0.4, 0.5) is 0 Å². The SMILES string of the molecule is COc1ccc2c(c1O)[C@@]13CC(NC(=O)/C=C/c4ccoc4)CC[C@@]1(O)[C@@H]1N(S(=O)(=O)c4ccccc4C)CC1(C2)C3. The molecule has 3 N–H and O–H groups in total. The number of ether oxygens (including phenoxy) is 1. The van der Waals surface area contributed by atoms with Crippen LogP contribution >= 0.6 is 0 Å². The summed E-state index contributed by atoms with van der Waals surface area (Å²) in [6, 6.07) is 11.4. The van der Waals surface area contributed by atoms with E-state index in [0.29, 0.717) is 42.6 Å². The van der Waals surface area contributed by atoms with Gasteiger partial charge in [-0.15, -0.1) is 0 Å². The van der Waals surface area contributed by atoms with Crippen LogP contribution in [0.2, 0.25) is 0 Å². The number of nitrogens with one attached hydrogen (secondary N) is 1. The molecule has 9 nitrogen and oxygen atoms in total. The first-order valence-corrected chi connectivity index (χ1v) is 15.7. The van der Waals surface area contributed by atoms with Crippen LogP contribution in [-0.2, 0) is 26.7 Å². The van der Waals surface area contributed by atoms with Crippen molar-refractivity contribution in [2.24, 2.45) is 5.41 Å². The van der Waals surface area contributed by atoms with Gasteiger partial charge in [0.2, 0.25) is 15.9 Å². The van der Waals surface area contributed by atoms with Crippen molar-refractivity contribution in [1.29, 1.82) is 0 Å². The predicted octanol–water partition coefficient (Wildman–Crippen LogP) is 3.67. The van der Waals surface area contributed by atoms with Gasteiger partial charge in [0.1, 0.15) is 0 Å². The Hall–Kier alpha value is -3.60. The number of sulfonamides is 1. The maximum Gasteiger partial charge on any atom is 0.244 e. The summed E-state index contributed by atoms with van der Waals surface area (Å²) < 4.78 is 40.2. The Balaban J connectivity index is 1.29. The molecule has 1 amide bonds. The van der Waals surface area contributed by atoms with Gasteiger partial charge in [0, 0.05) is 40.6 Å². The quantitative estimate of drug-likeness (QED) is 0.374. The van der Waals surface area contributed by atoms with Gasteiger partial charge in [0.05, 0.1) is 36.2 Å². The maximum atomic E-state index is 14.1. The fraction of sp³-hybridized carbons (Fsp3) is 0.406. The molecule has 2 bridgehead atoms. The first-order chi connectivity index (χ1) is 20.0. The molecule has 3 aliphatic carbocycles. The molecule has 0 radical (unpaired) electrons. The van der Waals surface area contributed by atoms with E-state index in [-0.39, 0.29) is 35.6 Å². The third-order valence-corrected chi connectivity index (χ3v) is 12.2. The Kier molecular flexibility index (Phi) is 5.97. The number of phenolic OH excluding ortho intramolecular Hbond substituents is 1. The van der Waals surface area contributed by atoms with Crippen LogP contribution < -0.4 is 10.1 Å². The van der Waals surface area contributed by atoms with Crippen LogP contribution in [-0.4, -0.2) is 60.2 Å². The molecule has 1 saturated heterocycles. The number of methoxy groups -OCH3 is 1. The summed E-state index contributed by atoms with van der Waals surface area (Å²) in [4.78, 5) is 13.2. The van der Waals surface area contributed by atoms with Crippen LogP contribution in [0.5, 0.6) is 11.5 Å². The summed E-state index contributed by atoms with van der Waals surface area (Å²) in [5.74, 6) is 0.0114. The third kappa shape index (κ3) is 3.61. The Morgan fingerprint density at radius 1 is 1.21 bits per heavy atom. The molecular weight excluding hydrogens is 556 g/mol. The number of aryl methyl sites for hydroxylation is 1. The first kappa shape index (κ1) is 27.2. The molecule has 2 heterocycles. The van der Waals surface area contributed by atoms with E-state index in [2.05, 4.69) is 5.32 Å². The van der Waals surface area contributed by atoms with E-state index < -0.39 is 32.5 Å². The summed E-state index contributed by atoms with van der Waals surface area (Å²) in [6.45, 7) is 2.07. The predicted molar refractivity (Wildman–Crippen MR) is 154 cm³/mol. The molecule has 2 unspecified atom stereocenters. The average molecular weight is 591 g/mol. The monoisotopic (exact) mass is 590 g/mol. The van der Waals surface area contributed by atoms with Gasteiger partial charge >= 0.3 is 0 Å². The van der Waals surface area contributed by atoms with E-state index in [1.165, 1.54) is 23.8 Å². The highest BCUT2D eigenvalue weighted by Crippen LogP contribution is 2.73. The number of hydrogen-bond acceptors (Lipinski definition) is 7. The second kappa shape index (κ2) is 9.20. The molecule has 2 saturated carbocycles. The molecule has 42 heavy (non-hydrogen) atoms. The smallest absolute Gasteiger partial charge is 0.244 e. The molecule has 1 aliphatic heterocycles. The number of hydrogen-bond donors (Lipinski definition) is 3. The number of furan rings is 1. The Morgan fingerprint density at radius 3 is 2.76 bits per heavy atom. The van der Waals surface area contributed by atoms with Crippen LogP contribution in [0.15, 0.2) is 70.4 Å². The number of benzene rings is 2. The van der Waals surface area contributed by atoms with E-state index in [0.717, 1.165) is 11.1 Å². The van der Waals surface area contributed by atoms with E-state index >= 15 is 0 Å². The molecule has 1 aromatic heterocycles. The van der Waals surface area contributed by atoms with Gasteiger partial charge in [0.15, 0.2) is 11.5 Å². The number of fused-ring (bicyclic) bond motifs is 2. The molecule has 2 aromatic carbocycles. The van der Waals surface area contributed by atoms with Crippen molar-refractivity contribution < 1.29 is 32.6 Å². The largest absolute Gasteiger partial charge is 0.504 e. The second-order valence-electron chi connectivity index (χ2n) is 12.4. The topological polar surface area (TPSA) is 129 Å². The average Bonchev–Trinajstić information content (AvgIpc) is 3.50. The zero-order valence-corrected chi connectivity index (χ0v) is 24.4. The zero-order valence-electron chi connectivity index (χ0n) is 23.5.